The molecule has 20 heavy (non-hydrogen) atoms. The molecule has 0 radical (unpaired) electrons. The molecule has 1 saturated heterocycles. The van der Waals surface area contributed by atoms with Crippen molar-refractivity contribution >= 4 is 11.8 Å². The van der Waals surface area contributed by atoms with Crippen LogP contribution in [0.4, 0.5) is 5.69 Å². The van der Waals surface area contributed by atoms with Crippen molar-refractivity contribution in [1.29, 1.82) is 0 Å². The summed E-state index contributed by atoms with van der Waals surface area (Å²) in [7, 11) is 0. The molecule has 0 aromatic heterocycles. The second-order valence-corrected chi connectivity index (χ2v) is 5.48. The SMILES string of the molecule is C1=CC2CC1/C(=C\c1ccccc1)N2c1ccccc1. The Bertz CT molecular complexity index is 655. The third-order valence-corrected chi connectivity index (χ3v) is 4.20. The normalized spacial score (nSPS) is 25.6. The molecule has 4 rings (SSSR count). The lowest BCUT2D eigenvalue weighted by atomic mass is 10.0. The molecule has 2 aliphatic rings. The number of fused-ring (bicyclic) bond motifs is 2. The van der Waals surface area contributed by atoms with Crippen molar-refractivity contribution in [2.24, 2.45) is 5.92 Å². The first-order valence-corrected chi connectivity index (χ1v) is 7.21. The van der Waals surface area contributed by atoms with E-state index < -0.39 is 0 Å². The van der Waals surface area contributed by atoms with Crippen LogP contribution >= 0.6 is 0 Å². The van der Waals surface area contributed by atoms with Gasteiger partial charge in [0.25, 0.3) is 0 Å². The number of para-hydroxylation sites is 1. The highest BCUT2D eigenvalue weighted by molar-refractivity contribution is 5.68. The second kappa shape index (κ2) is 4.68. The number of rotatable bonds is 2. The van der Waals surface area contributed by atoms with Gasteiger partial charge in [0.15, 0.2) is 0 Å². The van der Waals surface area contributed by atoms with Crippen LogP contribution < -0.4 is 4.90 Å². The van der Waals surface area contributed by atoms with Crippen molar-refractivity contribution in [3.8, 4) is 0 Å². The van der Waals surface area contributed by atoms with E-state index in [2.05, 4.69) is 83.8 Å². The first-order valence-electron chi connectivity index (χ1n) is 7.21. The van der Waals surface area contributed by atoms with Crippen LogP contribution in [0.1, 0.15) is 12.0 Å². The van der Waals surface area contributed by atoms with Gasteiger partial charge in [-0.1, -0.05) is 60.7 Å². The predicted octanol–water partition coefficient (Wildman–Crippen LogP) is 4.49. The number of hydrogen-bond acceptors (Lipinski definition) is 1. The van der Waals surface area contributed by atoms with E-state index in [1.807, 2.05) is 0 Å². The molecule has 1 heteroatoms. The number of benzene rings is 2. The van der Waals surface area contributed by atoms with E-state index in [-0.39, 0.29) is 0 Å². The summed E-state index contributed by atoms with van der Waals surface area (Å²) in [5.41, 5.74) is 4.01. The van der Waals surface area contributed by atoms with E-state index in [4.69, 9.17) is 0 Å². The number of hydrogen-bond donors (Lipinski definition) is 0. The Morgan fingerprint density at radius 3 is 2.30 bits per heavy atom. The number of allylic oxidation sites excluding steroid dienone is 1. The van der Waals surface area contributed by atoms with Crippen LogP contribution in [0.2, 0.25) is 0 Å². The van der Waals surface area contributed by atoms with Crippen molar-refractivity contribution in [1.82, 2.24) is 0 Å². The van der Waals surface area contributed by atoms with Crippen molar-refractivity contribution < 1.29 is 0 Å². The van der Waals surface area contributed by atoms with Gasteiger partial charge in [-0.05, 0) is 30.2 Å². The minimum atomic E-state index is 0.525. The fourth-order valence-electron chi connectivity index (χ4n) is 3.29. The Balaban J connectivity index is 1.77. The lowest BCUT2D eigenvalue weighted by Crippen LogP contribution is -2.27. The smallest absolute Gasteiger partial charge is 0.0528 e. The zero-order valence-electron chi connectivity index (χ0n) is 11.3. The maximum atomic E-state index is 2.48. The van der Waals surface area contributed by atoms with Crippen LogP contribution in [0.5, 0.6) is 0 Å². The maximum absolute atomic E-state index is 2.48. The summed E-state index contributed by atoms with van der Waals surface area (Å²) < 4.78 is 0. The first kappa shape index (κ1) is 11.5. The van der Waals surface area contributed by atoms with Crippen molar-refractivity contribution in [2.75, 3.05) is 4.90 Å². The van der Waals surface area contributed by atoms with Gasteiger partial charge in [0, 0.05) is 17.3 Å². The molecule has 1 aliphatic carbocycles. The lowest BCUT2D eigenvalue weighted by molar-refractivity contribution is 0.786. The molecule has 2 unspecified atom stereocenters. The highest BCUT2D eigenvalue weighted by atomic mass is 15.2. The Morgan fingerprint density at radius 1 is 0.850 bits per heavy atom. The van der Waals surface area contributed by atoms with Gasteiger partial charge < -0.3 is 4.90 Å². The lowest BCUT2D eigenvalue weighted by Gasteiger charge is -2.29. The van der Waals surface area contributed by atoms with Crippen LogP contribution in [0.25, 0.3) is 6.08 Å². The van der Waals surface area contributed by atoms with Gasteiger partial charge in [0.1, 0.15) is 0 Å². The zero-order chi connectivity index (χ0) is 13.4. The van der Waals surface area contributed by atoms with Gasteiger partial charge >= 0.3 is 0 Å². The highest BCUT2D eigenvalue weighted by Gasteiger charge is 2.38. The predicted molar refractivity (Wildman–Crippen MR) is 84.4 cm³/mol. The standard InChI is InChI=1S/C19H17N/c1-3-7-15(8-4-1)13-19-16-11-12-18(14-16)20(19)17-9-5-2-6-10-17/h1-13,16,18H,14H2/b19-13+. The second-order valence-electron chi connectivity index (χ2n) is 5.48. The summed E-state index contributed by atoms with van der Waals surface area (Å²) in [5, 5.41) is 0. The van der Waals surface area contributed by atoms with E-state index in [1.54, 1.807) is 0 Å². The van der Waals surface area contributed by atoms with Crippen molar-refractivity contribution in [2.45, 2.75) is 12.5 Å². The minimum absolute atomic E-state index is 0.525. The molecule has 2 atom stereocenters. The summed E-state index contributed by atoms with van der Waals surface area (Å²) in [6.07, 6.45) is 8.26. The molecule has 98 valence electrons. The van der Waals surface area contributed by atoms with Gasteiger partial charge in [0.05, 0.1) is 6.04 Å². The largest absolute Gasteiger partial charge is 0.338 e. The quantitative estimate of drug-likeness (QED) is 0.718. The van der Waals surface area contributed by atoms with Gasteiger partial charge in [-0.2, -0.15) is 0 Å². The fraction of sp³-hybridized carbons (Fsp3) is 0.158. The third kappa shape index (κ3) is 1.87. The molecule has 0 N–H and O–H groups in total. The molecule has 2 aromatic rings. The van der Waals surface area contributed by atoms with Crippen molar-refractivity contribution in [3.05, 3.63) is 84.1 Å². The Hall–Kier alpha value is -2.28. The Morgan fingerprint density at radius 2 is 1.55 bits per heavy atom. The van der Waals surface area contributed by atoms with Crippen LogP contribution in [0.15, 0.2) is 78.5 Å². The first-order chi connectivity index (χ1) is 9.92. The monoisotopic (exact) mass is 259 g/mol. The molecule has 1 nitrogen and oxygen atoms in total. The van der Waals surface area contributed by atoms with Gasteiger partial charge in [-0.15, -0.1) is 0 Å². The highest BCUT2D eigenvalue weighted by Crippen LogP contribution is 2.43. The van der Waals surface area contributed by atoms with Gasteiger partial charge in [0.2, 0.25) is 0 Å². The fourth-order valence-corrected chi connectivity index (χ4v) is 3.29. The number of nitrogens with zero attached hydrogens (tertiary/aromatic N) is 1. The molecular weight excluding hydrogens is 242 g/mol. The average molecular weight is 259 g/mol. The van der Waals surface area contributed by atoms with E-state index in [0.717, 1.165) is 0 Å². The van der Waals surface area contributed by atoms with E-state index in [0.29, 0.717) is 12.0 Å². The summed E-state index contributed by atoms with van der Waals surface area (Å²) >= 11 is 0. The Labute approximate surface area is 119 Å². The zero-order valence-corrected chi connectivity index (χ0v) is 11.3. The van der Waals surface area contributed by atoms with E-state index in [1.165, 1.54) is 23.4 Å². The van der Waals surface area contributed by atoms with Crippen molar-refractivity contribution in [3.63, 3.8) is 0 Å². The van der Waals surface area contributed by atoms with Crippen LogP contribution in [0, 0.1) is 5.92 Å². The molecule has 1 heterocycles. The average Bonchev–Trinajstić information content (AvgIpc) is 3.10. The summed E-state index contributed by atoms with van der Waals surface area (Å²) in [6, 6.07) is 21.9. The van der Waals surface area contributed by atoms with Crippen LogP contribution in [-0.2, 0) is 0 Å². The third-order valence-electron chi connectivity index (χ3n) is 4.20. The molecule has 0 amide bonds. The van der Waals surface area contributed by atoms with Crippen LogP contribution in [0.3, 0.4) is 0 Å². The van der Waals surface area contributed by atoms with Gasteiger partial charge in [-0.3, -0.25) is 0 Å². The van der Waals surface area contributed by atoms with Gasteiger partial charge in [-0.25, -0.2) is 0 Å². The summed E-state index contributed by atoms with van der Waals surface area (Å²) in [6.45, 7) is 0. The summed E-state index contributed by atoms with van der Waals surface area (Å²) in [5.74, 6) is 0.570. The molecule has 2 aromatic carbocycles. The van der Waals surface area contributed by atoms with E-state index in [9.17, 15) is 0 Å². The molecule has 2 bridgehead atoms. The molecule has 1 aliphatic heterocycles. The van der Waals surface area contributed by atoms with Crippen LogP contribution in [-0.4, -0.2) is 6.04 Å². The molecular formula is C19H17N. The minimum Gasteiger partial charge on any atom is -0.338 e. The Kier molecular flexibility index (Phi) is 2.70. The number of anilines is 1. The molecule has 0 spiro atoms. The molecule has 1 fully saturated rings. The maximum Gasteiger partial charge on any atom is 0.0528 e. The summed E-state index contributed by atoms with van der Waals surface area (Å²) in [4.78, 5) is 2.48. The molecule has 0 saturated carbocycles. The van der Waals surface area contributed by atoms with E-state index >= 15 is 0 Å². The topological polar surface area (TPSA) is 3.24 Å².